The summed E-state index contributed by atoms with van der Waals surface area (Å²) in [5.41, 5.74) is 5.35. The highest BCUT2D eigenvalue weighted by atomic mass is 35.5. The fourth-order valence-electron chi connectivity index (χ4n) is 4.92. The zero-order chi connectivity index (χ0) is 35.5. The number of hydrogen-bond donors (Lipinski definition) is 7. The Balaban J connectivity index is 1.34. The summed E-state index contributed by atoms with van der Waals surface area (Å²) in [6, 6.07) is -0.845. The van der Waals surface area contributed by atoms with Crippen LogP contribution in [0.25, 0.3) is 0 Å². The van der Waals surface area contributed by atoms with Crippen LogP contribution in [0.2, 0.25) is 5.02 Å². The third kappa shape index (κ3) is 5.72. The number of aromatic nitrogens is 1. The summed E-state index contributed by atoms with van der Waals surface area (Å²) in [4.78, 5) is 86.5. The number of nitrogen functional groups attached to an aromatic ring is 1. The lowest BCUT2D eigenvalue weighted by atomic mass is 10.1. The van der Waals surface area contributed by atoms with Gasteiger partial charge >= 0.3 is 18.0 Å². The lowest BCUT2D eigenvalue weighted by Gasteiger charge is -2.41. The monoisotopic (exact) mass is 726 g/mol. The zero-order valence-electron chi connectivity index (χ0n) is 25.0. The molecule has 0 unspecified atom stereocenters. The van der Waals surface area contributed by atoms with E-state index in [-0.39, 0.29) is 22.9 Å². The van der Waals surface area contributed by atoms with Crippen LogP contribution in [0.4, 0.5) is 9.93 Å². The molecule has 0 spiro atoms. The van der Waals surface area contributed by atoms with Crippen LogP contribution in [0.5, 0.6) is 11.5 Å². The summed E-state index contributed by atoms with van der Waals surface area (Å²) in [6.07, 6.45) is 0. The van der Waals surface area contributed by atoms with Crippen LogP contribution in [-0.4, -0.2) is 123 Å². The third-order valence-electron chi connectivity index (χ3n) is 7.64. The van der Waals surface area contributed by atoms with Crippen molar-refractivity contribution in [2.75, 3.05) is 18.8 Å². The van der Waals surface area contributed by atoms with E-state index in [1.54, 1.807) is 0 Å². The van der Waals surface area contributed by atoms with Gasteiger partial charge in [0, 0.05) is 11.9 Å². The number of benzene rings is 1. The van der Waals surface area contributed by atoms with Crippen LogP contribution in [0.1, 0.15) is 36.8 Å². The number of phenolic OH excluding ortho intramolecular Hbond substituents is 2. The first kappa shape index (κ1) is 34.3. The van der Waals surface area contributed by atoms with E-state index in [2.05, 4.69) is 20.9 Å². The van der Waals surface area contributed by atoms with E-state index in [1.807, 2.05) is 0 Å². The van der Waals surface area contributed by atoms with Gasteiger partial charge in [-0.3, -0.25) is 24.7 Å². The van der Waals surface area contributed by atoms with Crippen molar-refractivity contribution in [3.63, 3.8) is 0 Å². The van der Waals surface area contributed by atoms with Gasteiger partial charge in [-0.25, -0.2) is 24.4 Å². The number of nitrogens with two attached hydrogens (primary N) is 1. The number of carboxylic acids is 2. The van der Waals surface area contributed by atoms with E-state index < -0.39 is 92.4 Å². The van der Waals surface area contributed by atoms with Gasteiger partial charge in [0.25, 0.3) is 11.8 Å². The molecule has 1 aromatic carbocycles. The van der Waals surface area contributed by atoms with Gasteiger partial charge in [-0.15, -0.1) is 11.3 Å². The van der Waals surface area contributed by atoms with E-state index in [4.69, 9.17) is 22.2 Å². The Kier molecular flexibility index (Phi) is 8.73. The largest absolute Gasteiger partial charge is 0.504 e. The normalized spacial score (nSPS) is 23.9. The van der Waals surface area contributed by atoms with Crippen LogP contribution in [0.3, 0.4) is 0 Å². The quantitative estimate of drug-likeness (QED) is 0.0736. The fourth-order valence-corrected chi connectivity index (χ4v) is 7.33. The molecule has 48 heavy (non-hydrogen) atoms. The Morgan fingerprint density at radius 3 is 2.50 bits per heavy atom. The number of thioether (sulfide) groups is 1. The van der Waals surface area contributed by atoms with Crippen LogP contribution >= 0.6 is 34.7 Å². The van der Waals surface area contributed by atoms with Crippen molar-refractivity contribution in [1.82, 2.24) is 30.5 Å². The molecule has 0 radical (unpaired) electrons. The number of fused-ring (bicyclic) bond motifs is 1. The number of carboxylic acid groups (broad SMARTS) is 2. The molecule has 22 heteroatoms. The number of aliphatic carboxylic acids is 2. The maximum Gasteiger partial charge on any atom is 0.350 e. The van der Waals surface area contributed by atoms with Gasteiger partial charge in [0.15, 0.2) is 22.3 Å². The molecule has 3 fully saturated rings. The minimum atomic E-state index is -2.03. The third-order valence-corrected chi connectivity index (χ3v) is 10.4. The predicted octanol–water partition coefficient (Wildman–Crippen LogP) is 0.0257. The van der Waals surface area contributed by atoms with Gasteiger partial charge in [0.05, 0.1) is 23.2 Å². The van der Waals surface area contributed by atoms with Gasteiger partial charge < -0.3 is 41.2 Å². The van der Waals surface area contributed by atoms with Crippen LogP contribution in [0, 0.1) is 0 Å². The molecule has 0 saturated carbocycles. The molecule has 256 valence electrons. The van der Waals surface area contributed by atoms with Crippen molar-refractivity contribution in [1.29, 1.82) is 0 Å². The highest BCUT2D eigenvalue weighted by Crippen LogP contribution is 2.50. The van der Waals surface area contributed by atoms with Crippen molar-refractivity contribution in [3.05, 3.63) is 33.8 Å². The molecule has 4 atom stereocenters. The fraction of sp³-hybridized carbons (Fsp3) is 0.385. The average molecular weight is 727 g/mol. The molecule has 0 bridgehead atoms. The first-order valence-electron chi connectivity index (χ1n) is 13.8. The maximum absolute atomic E-state index is 13.6. The molecule has 3 aliphatic rings. The summed E-state index contributed by atoms with van der Waals surface area (Å²) in [5.74, 6) is -6.77. The Hall–Kier alpha value is -5.02. The second kappa shape index (κ2) is 12.2. The van der Waals surface area contributed by atoms with E-state index in [0.29, 0.717) is 0 Å². The van der Waals surface area contributed by atoms with E-state index in [9.17, 15) is 49.2 Å². The topological polar surface area (TPSA) is 278 Å². The molecule has 5 amide bonds. The highest BCUT2D eigenvalue weighted by molar-refractivity contribution is 8.02. The number of amides is 5. The molecule has 3 aliphatic heterocycles. The molecule has 8 N–H and O–H groups in total. The van der Waals surface area contributed by atoms with Crippen molar-refractivity contribution >= 4 is 81.2 Å². The summed E-state index contributed by atoms with van der Waals surface area (Å²) >= 11 is 7.66. The number of carbonyl (C=O) groups is 6. The number of oxime groups is 1. The number of thiazole rings is 1. The number of hydrogen-bond acceptors (Lipinski definition) is 14. The first-order valence-corrected chi connectivity index (χ1v) is 15.9. The van der Waals surface area contributed by atoms with Crippen LogP contribution < -0.4 is 16.5 Å². The van der Waals surface area contributed by atoms with Gasteiger partial charge in [0.1, 0.15) is 17.1 Å². The summed E-state index contributed by atoms with van der Waals surface area (Å²) in [5, 5.41) is 46.3. The Morgan fingerprint density at radius 1 is 1.21 bits per heavy atom. The number of nitrogens with one attached hydrogen (secondary N) is 2. The minimum absolute atomic E-state index is 0.0607. The minimum Gasteiger partial charge on any atom is -0.504 e. The van der Waals surface area contributed by atoms with Gasteiger partial charge in [-0.05, 0) is 32.9 Å². The predicted molar refractivity (Wildman–Crippen MR) is 167 cm³/mol. The molecular formula is C26H27ClN8O11S2. The molecular weight excluding hydrogens is 700 g/mol. The van der Waals surface area contributed by atoms with E-state index in [1.165, 1.54) is 31.1 Å². The lowest BCUT2D eigenvalue weighted by molar-refractivity contribution is -0.161. The number of anilines is 1. The van der Waals surface area contributed by atoms with Crippen LogP contribution in [-0.2, 0) is 24.0 Å². The number of halogens is 1. The number of phenols is 2. The molecule has 3 saturated heterocycles. The maximum atomic E-state index is 13.6. The number of aromatic hydroxyl groups is 2. The number of carbonyl (C=O) groups excluding carboxylic acids is 4. The molecule has 19 nitrogen and oxygen atoms in total. The lowest BCUT2D eigenvalue weighted by Crippen LogP contribution is -2.68. The van der Waals surface area contributed by atoms with E-state index in [0.717, 1.165) is 45.1 Å². The average Bonchev–Trinajstić information content (AvgIpc) is 3.69. The molecule has 2 aromatic rings. The standard InChI is InChI=1S/C26H27ClN8O11S2/c1-9-6-34(24(45)35(9)31-17(38)10-4-5-12(36)16(37)13(10)27)26(22(43)44)8-33-19(40)15(20(33)48-26)30-18(39)14(11-7-47-23(28)29-11)32-46-25(2,3)21(41)42/h4-5,7,9,15,20,36-37H,6,8H2,1-3H3,(H2,28,29)(H,30,39)(H,31,38)(H,41,42)(H,43,44)/b32-14-/t9-,15-,20-,26-/m1/s1. The smallest absolute Gasteiger partial charge is 0.350 e. The second-order valence-corrected chi connectivity index (χ2v) is 13.9. The van der Waals surface area contributed by atoms with Crippen molar-refractivity contribution in [2.24, 2.45) is 5.16 Å². The Morgan fingerprint density at radius 2 is 1.90 bits per heavy atom. The molecule has 0 aliphatic carbocycles. The summed E-state index contributed by atoms with van der Waals surface area (Å²) in [6.45, 7) is 3.26. The van der Waals surface area contributed by atoms with Crippen molar-refractivity contribution in [3.8, 4) is 11.5 Å². The highest BCUT2D eigenvalue weighted by Gasteiger charge is 2.67. The number of β-lactam (4-membered cyclic amide) rings is 1. The Labute approximate surface area is 283 Å². The van der Waals surface area contributed by atoms with Crippen LogP contribution in [0.15, 0.2) is 22.7 Å². The van der Waals surface area contributed by atoms with Gasteiger partial charge in [0.2, 0.25) is 16.4 Å². The molecule has 4 heterocycles. The SMILES string of the molecule is C[C@@H]1CN([C@]2(C(=O)O)CN3C(=O)[C@@H](NC(=O)/C(=N\OC(C)(C)C(=O)O)c4csc(N)n4)[C@H]3S2)C(=O)N1NC(=O)c1ccc(O)c(O)c1Cl. The number of nitrogens with zero attached hydrogens (tertiary/aromatic N) is 5. The summed E-state index contributed by atoms with van der Waals surface area (Å²) < 4.78 is 0. The zero-order valence-corrected chi connectivity index (χ0v) is 27.4. The molecule has 5 rings (SSSR count). The number of urea groups is 1. The van der Waals surface area contributed by atoms with Gasteiger partial charge in [-0.1, -0.05) is 28.5 Å². The number of hydrazine groups is 1. The van der Waals surface area contributed by atoms with Crippen molar-refractivity contribution in [2.45, 2.75) is 48.7 Å². The summed E-state index contributed by atoms with van der Waals surface area (Å²) in [7, 11) is 0. The first-order chi connectivity index (χ1) is 22.4. The Bertz CT molecular complexity index is 1790. The van der Waals surface area contributed by atoms with Gasteiger partial charge in [-0.2, -0.15) is 0 Å². The number of rotatable bonds is 10. The molecule has 1 aromatic heterocycles. The van der Waals surface area contributed by atoms with E-state index >= 15 is 0 Å². The second-order valence-electron chi connectivity index (χ2n) is 11.3. The van der Waals surface area contributed by atoms with Crippen molar-refractivity contribution < 1.29 is 54.0 Å².